The van der Waals surface area contributed by atoms with Crippen LogP contribution in [0.4, 0.5) is 11.8 Å². The summed E-state index contributed by atoms with van der Waals surface area (Å²) in [5.41, 5.74) is 5.05. The van der Waals surface area contributed by atoms with E-state index in [2.05, 4.69) is 35.7 Å². The fourth-order valence-corrected chi connectivity index (χ4v) is 3.65. The number of hydrogen-bond acceptors (Lipinski definition) is 7. The van der Waals surface area contributed by atoms with Crippen LogP contribution in [-0.2, 0) is 13.6 Å². The first-order chi connectivity index (χ1) is 16.0. The molecule has 4 heterocycles. The number of amides is 1. The van der Waals surface area contributed by atoms with Crippen molar-refractivity contribution in [3.8, 4) is 11.4 Å². The second-order valence-electron chi connectivity index (χ2n) is 7.77. The number of benzene rings is 1. The Morgan fingerprint density at radius 1 is 1.18 bits per heavy atom. The Morgan fingerprint density at radius 2 is 2.06 bits per heavy atom. The highest BCUT2D eigenvalue weighted by Crippen LogP contribution is 2.23. The summed E-state index contributed by atoms with van der Waals surface area (Å²) in [6, 6.07) is 7.91. The summed E-state index contributed by atoms with van der Waals surface area (Å²) < 4.78 is 7.12. The summed E-state index contributed by atoms with van der Waals surface area (Å²) in [5, 5.41) is 11.2. The van der Waals surface area contributed by atoms with Gasteiger partial charge in [-0.1, -0.05) is 6.07 Å². The minimum absolute atomic E-state index is 0.0244. The van der Waals surface area contributed by atoms with Gasteiger partial charge in [0.1, 0.15) is 23.5 Å². The molecule has 0 aliphatic carbocycles. The number of H-pyrrole nitrogens is 1. The number of fused-ring (bicyclic) bond motifs is 1. The zero-order valence-corrected chi connectivity index (χ0v) is 18.4. The molecular weight excluding hydrogens is 420 g/mol. The standard InChI is InChI=1S/C23H22N8O2/c1-13-8-15(9-16-4-6-24-19(13)16)11-25-21(32)22-28-17(12-33-22)20-14(2)10-26-23(30-20)29-18-5-7-27-31(18)3/h4-10,12,24H,11H2,1-3H3,(H,25,32)(H,26,29,30). The first kappa shape index (κ1) is 20.4. The van der Waals surface area contributed by atoms with E-state index in [1.807, 2.05) is 51.4 Å². The van der Waals surface area contributed by atoms with Crippen LogP contribution < -0.4 is 10.6 Å². The van der Waals surface area contributed by atoms with Gasteiger partial charge < -0.3 is 20.0 Å². The van der Waals surface area contributed by atoms with Crippen LogP contribution in [0.3, 0.4) is 0 Å². The van der Waals surface area contributed by atoms with Gasteiger partial charge in [0.25, 0.3) is 5.89 Å². The summed E-state index contributed by atoms with van der Waals surface area (Å²) in [7, 11) is 1.82. The molecule has 0 radical (unpaired) electrons. The molecule has 0 saturated heterocycles. The van der Waals surface area contributed by atoms with E-state index in [0.29, 0.717) is 23.9 Å². The molecule has 0 atom stereocenters. The summed E-state index contributed by atoms with van der Waals surface area (Å²) in [6.45, 7) is 4.27. The van der Waals surface area contributed by atoms with Gasteiger partial charge in [0.05, 0.1) is 6.20 Å². The smallest absolute Gasteiger partial charge is 0.307 e. The number of carbonyl (C=O) groups is 1. The predicted molar refractivity (Wildman–Crippen MR) is 123 cm³/mol. The molecule has 166 valence electrons. The van der Waals surface area contributed by atoms with Crippen molar-refractivity contribution >= 4 is 28.6 Å². The zero-order valence-electron chi connectivity index (χ0n) is 18.4. The molecule has 1 amide bonds. The molecule has 0 aliphatic heterocycles. The van der Waals surface area contributed by atoms with Crippen molar-refractivity contribution in [2.75, 3.05) is 5.32 Å². The lowest BCUT2D eigenvalue weighted by atomic mass is 10.1. The van der Waals surface area contributed by atoms with Crippen molar-refractivity contribution in [3.63, 3.8) is 0 Å². The van der Waals surface area contributed by atoms with Crippen molar-refractivity contribution in [2.45, 2.75) is 20.4 Å². The van der Waals surface area contributed by atoms with Gasteiger partial charge in [-0.2, -0.15) is 5.10 Å². The molecule has 0 fully saturated rings. The minimum atomic E-state index is -0.395. The summed E-state index contributed by atoms with van der Waals surface area (Å²) >= 11 is 0. The van der Waals surface area contributed by atoms with Crippen LogP contribution in [0.1, 0.15) is 27.4 Å². The van der Waals surface area contributed by atoms with Crippen LogP contribution in [0, 0.1) is 13.8 Å². The average Bonchev–Trinajstić information content (AvgIpc) is 3.55. The highest BCUT2D eigenvalue weighted by atomic mass is 16.4. The maximum absolute atomic E-state index is 12.6. The van der Waals surface area contributed by atoms with Crippen molar-refractivity contribution in [1.82, 2.24) is 35.0 Å². The van der Waals surface area contributed by atoms with Crippen molar-refractivity contribution in [2.24, 2.45) is 7.05 Å². The molecule has 0 saturated carbocycles. The normalized spacial score (nSPS) is 11.1. The quantitative estimate of drug-likeness (QED) is 0.366. The van der Waals surface area contributed by atoms with Gasteiger partial charge in [-0.15, -0.1) is 0 Å². The Kier molecular flexibility index (Phi) is 5.09. The molecule has 10 nitrogen and oxygen atoms in total. The predicted octanol–water partition coefficient (Wildman–Crippen LogP) is 3.64. The molecule has 5 aromatic rings. The van der Waals surface area contributed by atoms with Crippen LogP contribution in [0.2, 0.25) is 0 Å². The topological polar surface area (TPSA) is 127 Å². The van der Waals surface area contributed by atoms with E-state index in [4.69, 9.17) is 4.42 Å². The number of oxazole rings is 1. The first-order valence-corrected chi connectivity index (χ1v) is 10.4. The number of hydrogen-bond donors (Lipinski definition) is 3. The lowest BCUT2D eigenvalue weighted by molar-refractivity contribution is 0.0916. The Bertz CT molecular complexity index is 1460. The molecule has 0 spiro atoms. The number of aromatic nitrogens is 6. The van der Waals surface area contributed by atoms with Gasteiger partial charge in [0, 0.05) is 37.6 Å². The van der Waals surface area contributed by atoms with Gasteiger partial charge in [0.2, 0.25) is 5.95 Å². The van der Waals surface area contributed by atoms with Gasteiger partial charge >= 0.3 is 5.91 Å². The summed E-state index contributed by atoms with van der Waals surface area (Å²) in [5.74, 6) is 0.721. The van der Waals surface area contributed by atoms with Gasteiger partial charge in [-0.25, -0.2) is 15.0 Å². The number of nitrogens with zero attached hydrogens (tertiary/aromatic N) is 5. The Hall–Kier alpha value is -4.47. The third-order valence-electron chi connectivity index (χ3n) is 5.34. The van der Waals surface area contributed by atoms with Gasteiger partial charge in [-0.05, 0) is 48.1 Å². The van der Waals surface area contributed by atoms with E-state index >= 15 is 0 Å². The number of aromatic amines is 1. The van der Waals surface area contributed by atoms with Crippen LogP contribution in [0.5, 0.6) is 0 Å². The molecule has 1 aromatic carbocycles. The molecule has 3 N–H and O–H groups in total. The number of aryl methyl sites for hydroxylation is 3. The van der Waals surface area contributed by atoms with Gasteiger partial charge in [-0.3, -0.25) is 9.48 Å². The number of rotatable bonds is 6. The van der Waals surface area contributed by atoms with Crippen LogP contribution in [0.25, 0.3) is 22.3 Å². The summed E-state index contributed by atoms with van der Waals surface area (Å²) in [4.78, 5) is 29.0. The maximum atomic E-state index is 12.6. The van der Waals surface area contributed by atoms with Crippen LogP contribution >= 0.6 is 0 Å². The van der Waals surface area contributed by atoms with E-state index in [9.17, 15) is 4.79 Å². The van der Waals surface area contributed by atoms with Crippen molar-refractivity contribution < 1.29 is 9.21 Å². The lowest BCUT2D eigenvalue weighted by Gasteiger charge is -2.07. The average molecular weight is 442 g/mol. The number of anilines is 2. The second-order valence-corrected chi connectivity index (χ2v) is 7.77. The largest absolute Gasteiger partial charge is 0.440 e. The second kappa shape index (κ2) is 8.23. The molecular formula is C23H22N8O2. The first-order valence-electron chi connectivity index (χ1n) is 10.4. The summed E-state index contributed by atoms with van der Waals surface area (Å²) in [6.07, 6.45) is 6.70. The van der Waals surface area contributed by atoms with E-state index < -0.39 is 5.91 Å². The molecule has 4 aromatic heterocycles. The molecule has 5 rings (SSSR count). The zero-order chi connectivity index (χ0) is 22.9. The Morgan fingerprint density at radius 3 is 2.88 bits per heavy atom. The van der Waals surface area contributed by atoms with Gasteiger partial charge in [0.15, 0.2) is 0 Å². The fraction of sp³-hybridized carbons (Fsp3) is 0.174. The van der Waals surface area contributed by atoms with Crippen molar-refractivity contribution in [1.29, 1.82) is 0 Å². The van der Waals surface area contributed by atoms with E-state index in [1.54, 1.807) is 17.1 Å². The van der Waals surface area contributed by atoms with Crippen LogP contribution in [-0.4, -0.2) is 35.6 Å². The third kappa shape index (κ3) is 4.05. The highest BCUT2D eigenvalue weighted by molar-refractivity contribution is 5.90. The monoisotopic (exact) mass is 442 g/mol. The maximum Gasteiger partial charge on any atom is 0.307 e. The number of nitrogens with one attached hydrogen (secondary N) is 3. The Balaban J connectivity index is 1.31. The lowest BCUT2D eigenvalue weighted by Crippen LogP contribution is -2.23. The molecule has 0 bridgehead atoms. The highest BCUT2D eigenvalue weighted by Gasteiger charge is 2.17. The van der Waals surface area contributed by atoms with Crippen LogP contribution in [0.15, 0.2) is 53.5 Å². The third-order valence-corrected chi connectivity index (χ3v) is 5.34. The van der Waals surface area contributed by atoms with E-state index in [0.717, 1.165) is 33.4 Å². The molecule has 33 heavy (non-hydrogen) atoms. The van der Waals surface area contributed by atoms with E-state index in [1.165, 1.54) is 6.26 Å². The SMILES string of the molecule is Cc1cnc(Nc2ccnn2C)nc1-c1coc(C(=O)NCc2cc(C)c3[nH]ccc3c2)n1. The molecule has 0 aliphatic rings. The number of carbonyl (C=O) groups excluding carboxylic acids is 1. The van der Waals surface area contributed by atoms with E-state index in [-0.39, 0.29) is 5.89 Å². The molecule has 0 unspecified atom stereocenters. The minimum Gasteiger partial charge on any atom is -0.440 e. The van der Waals surface area contributed by atoms with Crippen molar-refractivity contribution in [3.05, 3.63) is 71.7 Å². The fourth-order valence-electron chi connectivity index (χ4n) is 3.65. The molecule has 10 heteroatoms. The Labute approximate surface area is 189 Å².